The molecule has 0 N–H and O–H groups in total. The zero-order valence-electron chi connectivity index (χ0n) is 20.3. The Hall–Kier alpha value is -2.76. The first-order chi connectivity index (χ1) is 16.0. The van der Waals surface area contributed by atoms with E-state index in [0.29, 0.717) is 49.4 Å². The van der Waals surface area contributed by atoms with Crippen LogP contribution in [0.1, 0.15) is 74.8 Å². The molecule has 3 nitrogen and oxygen atoms in total. The molecule has 0 radical (unpaired) electrons. The molecule has 0 amide bonds. The number of carbonyl (C=O) groups excluding carboxylic acids is 1. The summed E-state index contributed by atoms with van der Waals surface area (Å²) in [6.45, 7) is 8.38. The average Bonchev–Trinajstić information content (AvgIpc) is 3.23. The molecule has 0 saturated carbocycles. The summed E-state index contributed by atoms with van der Waals surface area (Å²) in [7, 11) is 0. The minimum Gasteiger partial charge on any atom is -0.494 e. The van der Waals surface area contributed by atoms with Crippen molar-refractivity contribution in [2.45, 2.75) is 66.0 Å². The number of hydrogen-bond donors (Lipinski definition) is 0. The van der Waals surface area contributed by atoms with E-state index in [4.69, 9.17) is 9.47 Å². The van der Waals surface area contributed by atoms with Gasteiger partial charge in [-0.05, 0) is 92.0 Å². The lowest BCUT2D eigenvalue weighted by molar-refractivity contribution is -0.154. The first kappa shape index (κ1) is 25.9. The van der Waals surface area contributed by atoms with Crippen LogP contribution in [0, 0.1) is 5.41 Å². The Morgan fingerprint density at radius 3 is 2.41 bits per heavy atom. The van der Waals surface area contributed by atoms with E-state index in [1.165, 1.54) is 6.07 Å². The molecule has 0 aromatic heterocycles. The fraction of sp³-hybridized carbons (Fsp3) is 0.464. The Bertz CT molecular complexity index is 1050. The monoisotopic (exact) mass is 474 g/mol. The van der Waals surface area contributed by atoms with E-state index in [2.05, 4.69) is 0 Å². The third-order valence-corrected chi connectivity index (χ3v) is 6.45. The highest BCUT2D eigenvalue weighted by Crippen LogP contribution is 2.40. The van der Waals surface area contributed by atoms with Crippen LogP contribution in [0.2, 0.25) is 0 Å². The standard InChI is InChI=1S/C28H33F3O3/c1-5-19-9-12-24(25(15-19)28(29,30)31)22-16-20-10-11-23(18-21(20)17-22)33-13-7-8-14-34-26(32)27(3,4)6-2/h9-12,15,17-18H,5-8,13-14,16H2,1-4H3. The van der Waals surface area contributed by atoms with Crippen LogP contribution >= 0.6 is 0 Å². The predicted molar refractivity (Wildman–Crippen MR) is 129 cm³/mol. The van der Waals surface area contributed by atoms with Gasteiger partial charge in [-0.1, -0.05) is 38.1 Å². The van der Waals surface area contributed by atoms with Crippen molar-refractivity contribution >= 4 is 17.6 Å². The van der Waals surface area contributed by atoms with Gasteiger partial charge in [-0.3, -0.25) is 4.79 Å². The van der Waals surface area contributed by atoms with E-state index < -0.39 is 17.2 Å². The summed E-state index contributed by atoms with van der Waals surface area (Å²) in [4.78, 5) is 12.0. The topological polar surface area (TPSA) is 35.5 Å². The zero-order chi connectivity index (χ0) is 24.9. The van der Waals surface area contributed by atoms with Crippen molar-refractivity contribution in [3.63, 3.8) is 0 Å². The van der Waals surface area contributed by atoms with E-state index >= 15 is 0 Å². The summed E-state index contributed by atoms with van der Waals surface area (Å²) in [6.07, 6.45) is 0.612. The Morgan fingerprint density at radius 1 is 1.00 bits per heavy atom. The molecule has 2 aromatic rings. The lowest BCUT2D eigenvalue weighted by Gasteiger charge is -2.20. The van der Waals surface area contributed by atoms with Crippen LogP contribution in [-0.2, 0) is 28.5 Å². The van der Waals surface area contributed by atoms with Crippen molar-refractivity contribution in [3.8, 4) is 5.75 Å². The molecule has 184 valence electrons. The van der Waals surface area contributed by atoms with Crippen LogP contribution in [0.15, 0.2) is 36.4 Å². The quantitative estimate of drug-likeness (QED) is 0.264. The van der Waals surface area contributed by atoms with Gasteiger partial charge in [0.2, 0.25) is 0 Å². The van der Waals surface area contributed by atoms with Gasteiger partial charge in [-0.2, -0.15) is 13.2 Å². The second-order valence-corrected chi connectivity index (χ2v) is 9.37. The van der Waals surface area contributed by atoms with Crippen LogP contribution in [0.3, 0.4) is 0 Å². The van der Waals surface area contributed by atoms with Crippen molar-refractivity contribution in [1.82, 2.24) is 0 Å². The Balaban J connectivity index is 1.59. The molecule has 2 aromatic carbocycles. The first-order valence-corrected chi connectivity index (χ1v) is 11.9. The smallest absolute Gasteiger partial charge is 0.417 e. The van der Waals surface area contributed by atoms with Gasteiger partial charge in [-0.25, -0.2) is 0 Å². The van der Waals surface area contributed by atoms with E-state index in [1.807, 2.05) is 52.0 Å². The van der Waals surface area contributed by atoms with Crippen molar-refractivity contribution < 1.29 is 27.4 Å². The van der Waals surface area contributed by atoms with Crippen molar-refractivity contribution in [1.29, 1.82) is 0 Å². The van der Waals surface area contributed by atoms with Crippen LogP contribution in [0.25, 0.3) is 11.6 Å². The molecule has 0 spiro atoms. The number of fused-ring (bicyclic) bond motifs is 1. The number of hydrogen-bond acceptors (Lipinski definition) is 3. The number of aryl methyl sites for hydroxylation is 1. The van der Waals surface area contributed by atoms with Gasteiger partial charge in [0, 0.05) is 0 Å². The second-order valence-electron chi connectivity index (χ2n) is 9.37. The predicted octanol–water partition coefficient (Wildman–Crippen LogP) is 7.50. The molecule has 0 unspecified atom stereocenters. The fourth-order valence-electron chi connectivity index (χ4n) is 3.80. The summed E-state index contributed by atoms with van der Waals surface area (Å²) < 4.78 is 52.2. The minimum atomic E-state index is -4.40. The Morgan fingerprint density at radius 2 is 1.74 bits per heavy atom. The number of carbonyl (C=O) groups is 1. The maximum atomic E-state index is 13.7. The van der Waals surface area contributed by atoms with Crippen LogP contribution in [-0.4, -0.2) is 19.2 Å². The number of unbranched alkanes of at least 4 members (excludes halogenated alkanes) is 1. The Labute approximate surface area is 200 Å². The van der Waals surface area contributed by atoms with E-state index in [0.717, 1.165) is 24.0 Å². The maximum absolute atomic E-state index is 13.7. The number of rotatable bonds is 10. The van der Waals surface area contributed by atoms with E-state index in [-0.39, 0.29) is 11.5 Å². The highest BCUT2D eigenvalue weighted by Gasteiger charge is 2.35. The van der Waals surface area contributed by atoms with Crippen molar-refractivity contribution in [2.24, 2.45) is 5.41 Å². The minimum absolute atomic E-state index is 0.185. The molecular weight excluding hydrogens is 441 g/mol. The van der Waals surface area contributed by atoms with Crippen LogP contribution in [0.5, 0.6) is 5.75 Å². The number of ether oxygens (including phenoxy) is 2. The molecular formula is C28H33F3O3. The van der Waals surface area contributed by atoms with E-state index in [9.17, 15) is 18.0 Å². The Kier molecular flexibility index (Phi) is 8.11. The average molecular weight is 475 g/mol. The number of allylic oxidation sites excluding steroid dienone is 1. The molecule has 0 aliphatic heterocycles. The molecule has 0 bridgehead atoms. The van der Waals surface area contributed by atoms with Gasteiger partial charge in [0.25, 0.3) is 0 Å². The molecule has 0 saturated heterocycles. The zero-order valence-corrected chi connectivity index (χ0v) is 20.3. The van der Waals surface area contributed by atoms with Gasteiger partial charge in [0.1, 0.15) is 5.75 Å². The molecule has 34 heavy (non-hydrogen) atoms. The van der Waals surface area contributed by atoms with Gasteiger partial charge in [0.05, 0.1) is 24.2 Å². The first-order valence-electron chi connectivity index (χ1n) is 11.9. The summed E-state index contributed by atoms with van der Waals surface area (Å²) in [5.74, 6) is 0.493. The number of esters is 1. The fourth-order valence-corrected chi connectivity index (χ4v) is 3.80. The van der Waals surface area contributed by atoms with Gasteiger partial charge in [0.15, 0.2) is 0 Å². The van der Waals surface area contributed by atoms with Crippen molar-refractivity contribution in [2.75, 3.05) is 13.2 Å². The summed E-state index contributed by atoms with van der Waals surface area (Å²) in [6, 6.07) is 10.3. The third-order valence-electron chi connectivity index (χ3n) is 6.45. The number of benzene rings is 2. The normalized spacial score (nSPS) is 13.4. The lowest BCUT2D eigenvalue weighted by atomic mass is 9.91. The molecule has 0 fully saturated rings. The van der Waals surface area contributed by atoms with Gasteiger partial charge < -0.3 is 9.47 Å². The third kappa shape index (κ3) is 6.22. The van der Waals surface area contributed by atoms with Gasteiger partial charge >= 0.3 is 12.1 Å². The highest BCUT2D eigenvalue weighted by molar-refractivity contribution is 5.90. The SMILES string of the molecule is CCc1ccc(C2=Cc3cc(OCCCCOC(=O)C(C)(C)CC)ccc3C2)c(C(F)(F)F)c1. The molecule has 0 heterocycles. The maximum Gasteiger partial charge on any atom is 0.417 e. The van der Waals surface area contributed by atoms with Crippen molar-refractivity contribution in [3.05, 3.63) is 64.2 Å². The number of halogens is 3. The summed E-state index contributed by atoms with van der Waals surface area (Å²) in [5.41, 5.74) is 2.41. The van der Waals surface area contributed by atoms with Crippen LogP contribution < -0.4 is 4.74 Å². The highest BCUT2D eigenvalue weighted by atomic mass is 19.4. The van der Waals surface area contributed by atoms with Gasteiger partial charge in [-0.15, -0.1) is 0 Å². The largest absolute Gasteiger partial charge is 0.494 e. The molecule has 1 aliphatic carbocycles. The lowest BCUT2D eigenvalue weighted by Crippen LogP contribution is -2.26. The molecule has 3 rings (SSSR count). The summed E-state index contributed by atoms with van der Waals surface area (Å²) in [5, 5.41) is 0. The number of alkyl halides is 3. The molecule has 0 atom stereocenters. The molecule has 1 aliphatic rings. The van der Waals surface area contributed by atoms with E-state index in [1.54, 1.807) is 12.1 Å². The molecule has 6 heteroatoms. The summed E-state index contributed by atoms with van der Waals surface area (Å²) >= 11 is 0. The second kappa shape index (κ2) is 10.7. The van der Waals surface area contributed by atoms with Crippen LogP contribution in [0.4, 0.5) is 13.2 Å².